The Balaban J connectivity index is 1.30. The number of oxazole rings is 1. The summed E-state index contributed by atoms with van der Waals surface area (Å²) in [4.78, 5) is 26.4. The maximum Gasteiger partial charge on any atom is 0.254 e. The van der Waals surface area contributed by atoms with Crippen LogP contribution in [-0.4, -0.2) is 62.1 Å². The smallest absolute Gasteiger partial charge is 0.254 e. The van der Waals surface area contributed by atoms with Crippen molar-refractivity contribution in [3.8, 4) is 22.8 Å². The van der Waals surface area contributed by atoms with Crippen LogP contribution in [0.3, 0.4) is 0 Å². The van der Waals surface area contributed by atoms with Crippen LogP contribution in [0.4, 0.5) is 0 Å². The Morgan fingerprint density at radius 2 is 1.79 bits per heavy atom. The van der Waals surface area contributed by atoms with Crippen LogP contribution in [0.5, 0.6) is 0 Å². The number of aromatic nitrogens is 4. The number of piperazine rings is 1. The van der Waals surface area contributed by atoms with Crippen molar-refractivity contribution in [2.75, 3.05) is 26.2 Å². The van der Waals surface area contributed by atoms with E-state index in [0.29, 0.717) is 42.4 Å². The lowest BCUT2D eigenvalue weighted by atomic mass is 10.1. The lowest BCUT2D eigenvalue weighted by Gasteiger charge is -2.34. The van der Waals surface area contributed by atoms with Crippen molar-refractivity contribution in [3.63, 3.8) is 0 Å². The number of amides is 1. The average molecular weight is 443 g/mol. The second-order valence-electron chi connectivity index (χ2n) is 8.35. The normalized spacial score (nSPS) is 14.5. The Morgan fingerprint density at radius 3 is 2.52 bits per heavy atom. The van der Waals surface area contributed by atoms with Gasteiger partial charge >= 0.3 is 0 Å². The summed E-state index contributed by atoms with van der Waals surface area (Å²) in [5.41, 5.74) is 3.46. The molecule has 1 saturated heterocycles. The van der Waals surface area contributed by atoms with Gasteiger partial charge in [0.25, 0.3) is 5.91 Å². The fourth-order valence-corrected chi connectivity index (χ4v) is 4.05. The van der Waals surface area contributed by atoms with Crippen molar-refractivity contribution < 1.29 is 9.21 Å². The van der Waals surface area contributed by atoms with E-state index in [9.17, 15) is 4.79 Å². The molecule has 1 fully saturated rings. The van der Waals surface area contributed by atoms with Gasteiger partial charge in [-0.2, -0.15) is 5.10 Å². The van der Waals surface area contributed by atoms with Crippen LogP contribution in [0, 0.1) is 13.8 Å². The average Bonchev–Trinajstić information content (AvgIpc) is 3.49. The summed E-state index contributed by atoms with van der Waals surface area (Å²) in [6.07, 6.45) is 1.71. The van der Waals surface area contributed by atoms with Gasteiger partial charge in [-0.05, 0) is 26.0 Å². The highest BCUT2D eigenvalue weighted by molar-refractivity contribution is 6.00. The van der Waals surface area contributed by atoms with Crippen LogP contribution in [0.1, 0.15) is 27.6 Å². The summed E-state index contributed by atoms with van der Waals surface area (Å²) in [5.74, 6) is 2.73. The maximum atomic E-state index is 13.4. The van der Waals surface area contributed by atoms with Gasteiger partial charge in [-0.1, -0.05) is 42.0 Å². The van der Waals surface area contributed by atoms with Gasteiger partial charge < -0.3 is 9.32 Å². The number of aryl methyl sites for hydroxylation is 2. The number of rotatable bonds is 5. The molecule has 3 heterocycles. The van der Waals surface area contributed by atoms with Crippen molar-refractivity contribution in [2.45, 2.75) is 20.4 Å². The first-order valence-corrected chi connectivity index (χ1v) is 11.1. The molecule has 0 aliphatic carbocycles. The van der Waals surface area contributed by atoms with E-state index in [0.717, 1.165) is 30.3 Å². The number of aromatic amines is 1. The summed E-state index contributed by atoms with van der Waals surface area (Å²) in [6.45, 7) is 7.47. The summed E-state index contributed by atoms with van der Waals surface area (Å²) in [5, 5.41) is 7.09. The number of carbonyl (C=O) groups excluding carboxylic acids is 1. The number of carbonyl (C=O) groups is 1. The minimum absolute atomic E-state index is 0.00549. The molecule has 0 radical (unpaired) electrons. The number of benzene rings is 2. The zero-order valence-electron chi connectivity index (χ0n) is 18.8. The second-order valence-corrected chi connectivity index (χ2v) is 8.35. The molecule has 5 rings (SSSR count). The van der Waals surface area contributed by atoms with Crippen molar-refractivity contribution in [1.82, 2.24) is 30.0 Å². The molecular weight excluding hydrogens is 416 g/mol. The molecule has 0 bridgehead atoms. The quantitative estimate of drug-likeness (QED) is 0.507. The molecule has 33 heavy (non-hydrogen) atoms. The van der Waals surface area contributed by atoms with E-state index >= 15 is 0 Å². The summed E-state index contributed by atoms with van der Waals surface area (Å²) < 4.78 is 6.05. The van der Waals surface area contributed by atoms with Crippen molar-refractivity contribution in [1.29, 1.82) is 0 Å². The molecule has 1 aliphatic rings. The molecular formula is C25H26N6O2. The Bertz CT molecular complexity index is 1250. The van der Waals surface area contributed by atoms with E-state index in [-0.39, 0.29) is 5.91 Å². The fraction of sp³-hybridized carbons (Fsp3) is 0.280. The van der Waals surface area contributed by atoms with Gasteiger partial charge in [0.05, 0.1) is 18.3 Å². The minimum atomic E-state index is -0.00549. The van der Waals surface area contributed by atoms with E-state index in [1.165, 1.54) is 5.56 Å². The van der Waals surface area contributed by atoms with E-state index in [4.69, 9.17) is 4.42 Å². The number of hydrogen-bond donors (Lipinski definition) is 1. The largest absolute Gasteiger partial charge is 0.436 e. The van der Waals surface area contributed by atoms with Gasteiger partial charge in [-0.3, -0.25) is 14.8 Å². The fourth-order valence-electron chi connectivity index (χ4n) is 4.05. The Kier molecular flexibility index (Phi) is 5.75. The SMILES string of the molecule is Cc1ccc(-c2cnc(-c3ccccc3C(=O)N3CCN(Cc4n[nH]c(C)n4)CC3)o2)cc1. The van der Waals surface area contributed by atoms with Crippen LogP contribution < -0.4 is 0 Å². The highest BCUT2D eigenvalue weighted by Crippen LogP contribution is 2.29. The number of H-pyrrole nitrogens is 1. The predicted molar refractivity (Wildman–Crippen MR) is 124 cm³/mol. The molecule has 8 heteroatoms. The highest BCUT2D eigenvalue weighted by Gasteiger charge is 2.25. The zero-order valence-corrected chi connectivity index (χ0v) is 18.8. The van der Waals surface area contributed by atoms with Gasteiger partial charge in [-0.25, -0.2) is 9.97 Å². The number of nitrogens with zero attached hydrogens (tertiary/aromatic N) is 5. The third kappa shape index (κ3) is 4.56. The van der Waals surface area contributed by atoms with E-state index in [1.54, 1.807) is 6.20 Å². The molecule has 0 saturated carbocycles. The van der Waals surface area contributed by atoms with E-state index in [2.05, 4.69) is 25.1 Å². The van der Waals surface area contributed by atoms with Crippen LogP contribution >= 0.6 is 0 Å². The zero-order chi connectivity index (χ0) is 22.8. The summed E-state index contributed by atoms with van der Waals surface area (Å²) in [7, 11) is 0. The lowest BCUT2D eigenvalue weighted by molar-refractivity contribution is 0.0626. The molecule has 8 nitrogen and oxygen atoms in total. The molecule has 1 aliphatic heterocycles. The molecule has 0 unspecified atom stereocenters. The third-order valence-corrected chi connectivity index (χ3v) is 5.90. The predicted octanol–water partition coefficient (Wildman–Crippen LogP) is 3.70. The topological polar surface area (TPSA) is 91.2 Å². The molecule has 1 amide bonds. The highest BCUT2D eigenvalue weighted by atomic mass is 16.4. The van der Waals surface area contributed by atoms with E-state index in [1.807, 2.05) is 67.3 Å². The van der Waals surface area contributed by atoms with Crippen molar-refractivity contribution >= 4 is 5.91 Å². The van der Waals surface area contributed by atoms with Crippen molar-refractivity contribution in [3.05, 3.63) is 77.5 Å². The van der Waals surface area contributed by atoms with E-state index < -0.39 is 0 Å². The molecule has 4 aromatic rings. The Hall–Kier alpha value is -3.78. The third-order valence-electron chi connectivity index (χ3n) is 5.90. The van der Waals surface area contributed by atoms with Gasteiger partial charge in [0.15, 0.2) is 11.6 Å². The van der Waals surface area contributed by atoms with Crippen LogP contribution in [0.2, 0.25) is 0 Å². The van der Waals surface area contributed by atoms with Gasteiger partial charge in [-0.15, -0.1) is 0 Å². The van der Waals surface area contributed by atoms with Gasteiger partial charge in [0, 0.05) is 37.3 Å². The molecule has 168 valence electrons. The van der Waals surface area contributed by atoms with Gasteiger partial charge in [0.2, 0.25) is 5.89 Å². The maximum absolute atomic E-state index is 13.4. The standard InChI is InChI=1S/C25H26N6O2/c1-17-7-9-19(10-8-17)22-15-26-24(33-22)20-5-3-4-6-21(20)25(32)31-13-11-30(12-14-31)16-23-27-18(2)28-29-23/h3-10,15H,11-14,16H2,1-2H3,(H,27,28,29). The molecule has 2 aromatic heterocycles. The molecule has 0 atom stereocenters. The summed E-state index contributed by atoms with van der Waals surface area (Å²) in [6, 6.07) is 15.6. The van der Waals surface area contributed by atoms with Crippen LogP contribution in [0.15, 0.2) is 59.1 Å². The van der Waals surface area contributed by atoms with Crippen LogP contribution in [-0.2, 0) is 6.54 Å². The number of hydrogen-bond acceptors (Lipinski definition) is 6. The second kappa shape index (κ2) is 8.99. The molecule has 2 aromatic carbocycles. The van der Waals surface area contributed by atoms with Gasteiger partial charge in [0.1, 0.15) is 5.82 Å². The molecule has 0 spiro atoms. The van der Waals surface area contributed by atoms with Crippen molar-refractivity contribution in [2.24, 2.45) is 0 Å². The Morgan fingerprint density at radius 1 is 1.03 bits per heavy atom. The monoisotopic (exact) mass is 442 g/mol. The first-order valence-electron chi connectivity index (χ1n) is 11.1. The number of nitrogens with one attached hydrogen (secondary N) is 1. The lowest BCUT2D eigenvalue weighted by Crippen LogP contribution is -2.48. The first-order chi connectivity index (χ1) is 16.1. The summed E-state index contributed by atoms with van der Waals surface area (Å²) >= 11 is 0. The van der Waals surface area contributed by atoms with Crippen LogP contribution in [0.25, 0.3) is 22.8 Å². The molecule has 1 N–H and O–H groups in total. The first kappa shape index (κ1) is 21.1. The Labute approximate surface area is 192 Å². The minimum Gasteiger partial charge on any atom is -0.436 e.